The summed E-state index contributed by atoms with van der Waals surface area (Å²) in [5.74, 6) is 3.64. The summed E-state index contributed by atoms with van der Waals surface area (Å²) in [5.41, 5.74) is 4.10. The maximum Gasteiger partial charge on any atom is 0.231 e. The molecule has 0 saturated heterocycles. The molecule has 2 aliphatic heterocycles. The van der Waals surface area contributed by atoms with Gasteiger partial charge in [0.05, 0.1) is 34.0 Å². The first kappa shape index (κ1) is 25.5. The van der Waals surface area contributed by atoms with E-state index in [9.17, 15) is 4.79 Å². The van der Waals surface area contributed by atoms with E-state index in [2.05, 4.69) is 11.0 Å². The third-order valence-electron chi connectivity index (χ3n) is 6.91. The van der Waals surface area contributed by atoms with Crippen molar-refractivity contribution in [1.29, 1.82) is 0 Å². The second-order valence-corrected chi connectivity index (χ2v) is 9.12. The van der Waals surface area contributed by atoms with Gasteiger partial charge in [-0.05, 0) is 49.2 Å². The minimum atomic E-state index is -0.186. The molecule has 0 unspecified atom stereocenters. The van der Waals surface area contributed by atoms with Gasteiger partial charge in [0.1, 0.15) is 24.0 Å². The van der Waals surface area contributed by atoms with E-state index in [1.807, 2.05) is 31.2 Å². The van der Waals surface area contributed by atoms with Gasteiger partial charge >= 0.3 is 0 Å². The lowest BCUT2D eigenvalue weighted by Crippen LogP contribution is -2.34. The fraction of sp³-hybridized carbons (Fsp3) is 0.300. The molecule has 0 atom stereocenters. The number of hydrogen-bond donors (Lipinski definition) is 0. The van der Waals surface area contributed by atoms with E-state index < -0.39 is 0 Å². The fourth-order valence-electron chi connectivity index (χ4n) is 5.01. The Morgan fingerprint density at radius 2 is 1.68 bits per heavy atom. The maximum atomic E-state index is 13.4. The Bertz CT molecular complexity index is 1410. The zero-order valence-corrected chi connectivity index (χ0v) is 22.3. The normalized spacial score (nSPS) is 15.4. The predicted octanol–water partition coefficient (Wildman–Crippen LogP) is 5.04. The van der Waals surface area contributed by atoms with Crippen LogP contribution in [0.3, 0.4) is 0 Å². The second kappa shape index (κ2) is 10.7. The lowest BCUT2D eigenvalue weighted by Gasteiger charge is -2.30. The van der Waals surface area contributed by atoms with Gasteiger partial charge in [-0.2, -0.15) is 0 Å². The van der Waals surface area contributed by atoms with Crippen LogP contribution in [0, 0.1) is 6.92 Å². The molecule has 0 spiro atoms. The van der Waals surface area contributed by atoms with Crippen molar-refractivity contribution in [2.45, 2.75) is 19.9 Å². The zero-order valence-electron chi connectivity index (χ0n) is 22.3. The molecule has 2 aliphatic rings. The minimum Gasteiger partial charge on any atom is -0.496 e. The number of carbonyl (C=O) groups excluding carboxylic acids is 1. The molecule has 0 bridgehead atoms. The molecule has 0 N–H and O–H groups in total. The molecule has 3 aromatic carbocycles. The van der Waals surface area contributed by atoms with Crippen LogP contribution in [-0.4, -0.2) is 52.4 Å². The van der Waals surface area contributed by atoms with E-state index in [1.165, 1.54) is 7.11 Å². The predicted molar refractivity (Wildman–Crippen MR) is 143 cm³/mol. The standard InChI is InChI=1S/C30H31NO7/c1-18-27-21(16-31(17-37-27)13-12-19-8-6-7-9-23(19)33-2)14-22-26(32)25(38-28(18)22)15-20-10-11-24(34-3)30(36-5)29(20)35-4/h6-11,14-15H,12-13,16-17H2,1-5H3/b25-15-. The van der Waals surface area contributed by atoms with Crippen molar-refractivity contribution in [2.24, 2.45) is 0 Å². The summed E-state index contributed by atoms with van der Waals surface area (Å²) < 4.78 is 34.1. The highest BCUT2D eigenvalue weighted by Gasteiger charge is 2.34. The molecule has 198 valence electrons. The van der Waals surface area contributed by atoms with Crippen LogP contribution >= 0.6 is 0 Å². The van der Waals surface area contributed by atoms with Gasteiger partial charge in [-0.25, -0.2) is 0 Å². The van der Waals surface area contributed by atoms with Gasteiger partial charge in [0.2, 0.25) is 11.5 Å². The highest BCUT2D eigenvalue weighted by Crippen LogP contribution is 2.45. The van der Waals surface area contributed by atoms with Gasteiger partial charge in [-0.1, -0.05) is 18.2 Å². The molecule has 0 amide bonds. The first-order chi connectivity index (χ1) is 18.5. The van der Waals surface area contributed by atoms with Crippen LogP contribution in [0.15, 0.2) is 48.2 Å². The molecule has 8 heteroatoms. The average molecular weight is 518 g/mol. The zero-order chi connectivity index (χ0) is 26.8. The SMILES string of the molecule is COc1ccccc1CCN1COc2c(cc3c(c2C)O/C(=C\c2ccc(OC)c(OC)c2OC)C3=O)C1. The third kappa shape index (κ3) is 4.52. The number of hydrogen-bond acceptors (Lipinski definition) is 8. The first-order valence-corrected chi connectivity index (χ1v) is 12.4. The Morgan fingerprint density at radius 1 is 0.921 bits per heavy atom. The number of allylic oxidation sites excluding steroid dienone is 1. The Labute approximate surface area is 222 Å². The smallest absolute Gasteiger partial charge is 0.231 e. The van der Waals surface area contributed by atoms with E-state index in [1.54, 1.807) is 39.5 Å². The summed E-state index contributed by atoms with van der Waals surface area (Å²) in [6.45, 7) is 3.86. The number of Topliss-reactive ketones (excluding diaryl/α,β-unsaturated/α-hetero) is 1. The summed E-state index contributed by atoms with van der Waals surface area (Å²) in [5, 5.41) is 0. The molecule has 0 aliphatic carbocycles. The van der Waals surface area contributed by atoms with Crippen LogP contribution in [0.5, 0.6) is 34.5 Å². The second-order valence-electron chi connectivity index (χ2n) is 9.12. The summed E-state index contributed by atoms with van der Waals surface area (Å²) in [6, 6.07) is 13.5. The molecule has 0 radical (unpaired) electrons. The number of ketones is 1. The molecule has 38 heavy (non-hydrogen) atoms. The Kier molecular flexibility index (Phi) is 7.15. The monoisotopic (exact) mass is 517 g/mol. The van der Waals surface area contributed by atoms with Gasteiger partial charge in [0, 0.05) is 29.8 Å². The van der Waals surface area contributed by atoms with Gasteiger partial charge < -0.3 is 28.4 Å². The molecule has 0 aromatic heterocycles. The minimum absolute atomic E-state index is 0.186. The first-order valence-electron chi connectivity index (χ1n) is 12.4. The average Bonchev–Trinajstić information content (AvgIpc) is 3.26. The van der Waals surface area contributed by atoms with Crippen molar-refractivity contribution in [2.75, 3.05) is 41.7 Å². The lowest BCUT2D eigenvalue weighted by molar-refractivity contribution is 0.0952. The van der Waals surface area contributed by atoms with Crippen molar-refractivity contribution in [3.05, 3.63) is 76.0 Å². The highest BCUT2D eigenvalue weighted by molar-refractivity contribution is 6.15. The summed E-state index contributed by atoms with van der Waals surface area (Å²) in [4.78, 5) is 15.6. The van der Waals surface area contributed by atoms with E-state index in [4.69, 9.17) is 28.4 Å². The molecule has 0 saturated carbocycles. The molecule has 8 nitrogen and oxygen atoms in total. The molecule has 2 heterocycles. The van der Waals surface area contributed by atoms with E-state index >= 15 is 0 Å². The third-order valence-corrected chi connectivity index (χ3v) is 6.91. The van der Waals surface area contributed by atoms with Crippen LogP contribution < -0.4 is 28.4 Å². The molecule has 5 rings (SSSR count). The summed E-state index contributed by atoms with van der Waals surface area (Å²) >= 11 is 0. The van der Waals surface area contributed by atoms with Gasteiger partial charge in [-0.3, -0.25) is 9.69 Å². The number of methoxy groups -OCH3 is 4. The Hall–Kier alpha value is -4.17. The van der Waals surface area contributed by atoms with E-state index in [-0.39, 0.29) is 11.5 Å². The molecule has 0 fully saturated rings. The lowest BCUT2D eigenvalue weighted by atomic mass is 9.99. The van der Waals surface area contributed by atoms with Crippen LogP contribution in [0.25, 0.3) is 6.08 Å². The highest BCUT2D eigenvalue weighted by atomic mass is 16.5. The Morgan fingerprint density at radius 3 is 2.42 bits per heavy atom. The topological polar surface area (TPSA) is 75.7 Å². The van der Waals surface area contributed by atoms with Crippen LogP contribution in [0.4, 0.5) is 0 Å². The number of ether oxygens (including phenoxy) is 6. The number of para-hydroxylation sites is 1. The maximum absolute atomic E-state index is 13.4. The molecule has 3 aromatic rings. The molecular formula is C30H31NO7. The van der Waals surface area contributed by atoms with Crippen molar-refractivity contribution in [3.8, 4) is 34.5 Å². The number of rotatable bonds is 8. The largest absolute Gasteiger partial charge is 0.496 e. The van der Waals surface area contributed by atoms with Crippen molar-refractivity contribution in [3.63, 3.8) is 0 Å². The van der Waals surface area contributed by atoms with Gasteiger partial charge in [-0.15, -0.1) is 0 Å². The summed E-state index contributed by atoms with van der Waals surface area (Å²) in [6.07, 6.45) is 2.50. The van der Waals surface area contributed by atoms with Crippen molar-refractivity contribution >= 4 is 11.9 Å². The number of nitrogens with zero attached hydrogens (tertiary/aromatic N) is 1. The van der Waals surface area contributed by atoms with E-state index in [0.29, 0.717) is 47.4 Å². The van der Waals surface area contributed by atoms with Gasteiger partial charge in [0.15, 0.2) is 17.3 Å². The quantitative estimate of drug-likeness (QED) is 0.385. The van der Waals surface area contributed by atoms with Crippen molar-refractivity contribution in [1.82, 2.24) is 4.90 Å². The van der Waals surface area contributed by atoms with Crippen LogP contribution in [0.2, 0.25) is 0 Å². The van der Waals surface area contributed by atoms with E-state index in [0.717, 1.165) is 41.2 Å². The number of fused-ring (bicyclic) bond motifs is 2. The Balaban J connectivity index is 1.39. The molecular weight excluding hydrogens is 486 g/mol. The fourth-order valence-corrected chi connectivity index (χ4v) is 5.01. The van der Waals surface area contributed by atoms with Crippen LogP contribution in [0.1, 0.15) is 32.6 Å². The van der Waals surface area contributed by atoms with Gasteiger partial charge in [0.25, 0.3) is 0 Å². The number of carbonyl (C=O) groups is 1. The van der Waals surface area contributed by atoms with Crippen molar-refractivity contribution < 1.29 is 33.2 Å². The number of benzene rings is 3. The summed E-state index contributed by atoms with van der Waals surface area (Å²) in [7, 11) is 6.33. The van der Waals surface area contributed by atoms with Crippen LogP contribution in [-0.2, 0) is 13.0 Å².